The molecular formula is C24H23FN4O2. The van der Waals surface area contributed by atoms with Crippen LogP contribution in [0.2, 0.25) is 0 Å². The zero-order chi connectivity index (χ0) is 21.6. The van der Waals surface area contributed by atoms with Gasteiger partial charge in [-0.25, -0.2) is 14.1 Å². The molecule has 0 aliphatic heterocycles. The molecule has 2 heterocycles. The van der Waals surface area contributed by atoms with Crippen molar-refractivity contribution >= 4 is 11.7 Å². The minimum absolute atomic E-state index is 0.149. The Labute approximate surface area is 179 Å². The molecule has 0 fully saturated rings. The Bertz CT molecular complexity index is 1150. The van der Waals surface area contributed by atoms with Crippen molar-refractivity contribution in [2.75, 3.05) is 5.32 Å². The molecule has 0 atom stereocenters. The van der Waals surface area contributed by atoms with Crippen LogP contribution in [0.3, 0.4) is 0 Å². The molecule has 0 unspecified atom stereocenters. The van der Waals surface area contributed by atoms with Crippen molar-refractivity contribution in [2.45, 2.75) is 32.7 Å². The molecule has 2 aromatic heterocycles. The first kappa shape index (κ1) is 20.5. The van der Waals surface area contributed by atoms with Crippen LogP contribution >= 0.6 is 0 Å². The molecule has 4 aromatic rings. The van der Waals surface area contributed by atoms with Crippen molar-refractivity contribution in [2.24, 2.45) is 0 Å². The smallest absolute Gasteiger partial charge is 0.226 e. The summed E-state index contributed by atoms with van der Waals surface area (Å²) < 4.78 is 20.5. The third-order valence-electron chi connectivity index (χ3n) is 5.00. The second-order valence-electron chi connectivity index (χ2n) is 7.22. The van der Waals surface area contributed by atoms with E-state index < -0.39 is 0 Å². The SMILES string of the molecule is CCc1ccc(Cn2nccc2NC(=O)CCc2ncc(-c3ccc(F)cc3)o2)cc1. The molecule has 0 radical (unpaired) electrons. The minimum Gasteiger partial charge on any atom is -0.441 e. The highest BCUT2D eigenvalue weighted by atomic mass is 19.1. The fourth-order valence-electron chi connectivity index (χ4n) is 3.22. The summed E-state index contributed by atoms with van der Waals surface area (Å²) in [5, 5.41) is 7.21. The lowest BCUT2D eigenvalue weighted by molar-refractivity contribution is -0.116. The number of halogens is 1. The van der Waals surface area contributed by atoms with Crippen molar-refractivity contribution < 1.29 is 13.6 Å². The second-order valence-corrected chi connectivity index (χ2v) is 7.22. The van der Waals surface area contributed by atoms with Gasteiger partial charge in [0.1, 0.15) is 11.6 Å². The van der Waals surface area contributed by atoms with E-state index in [1.807, 2.05) is 0 Å². The Morgan fingerprint density at radius 3 is 2.55 bits per heavy atom. The summed E-state index contributed by atoms with van der Waals surface area (Å²) in [5.41, 5.74) is 3.14. The highest BCUT2D eigenvalue weighted by Gasteiger charge is 2.11. The number of aryl methyl sites for hydroxylation is 2. The van der Waals surface area contributed by atoms with Gasteiger partial charge in [0.25, 0.3) is 0 Å². The molecule has 6 nitrogen and oxygen atoms in total. The van der Waals surface area contributed by atoms with E-state index in [1.54, 1.807) is 35.3 Å². The third kappa shape index (κ3) is 5.25. The van der Waals surface area contributed by atoms with Crippen LogP contribution in [0.1, 0.15) is 30.4 Å². The summed E-state index contributed by atoms with van der Waals surface area (Å²) in [5.74, 6) is 1.19. The Kier molecular flexibility index (Phi) is 6.21. The molecule has 0 bridgehead atoms. The van der Waals surface area contributed by atoms with Crippen molar-refractivity contribution in [1.82, 2.24) is 14.8 Å². The van der Waals surface area contributed by atoms with Crippen LogP contribution in [0, 0.1) is 5.82 Å². The molecule has 0 aliphatic carbocycles. The molecule has 31 heavy (non-hydrogen) atoms. The van der Waals surface area contributed by atoms with Gasteiger partial charge in [-0.05, 0) is 41.8 Å². The second kappa shape index (κ2) is 9.38. The molecule has 0 saturated heterocycles. The molecule has 2 aromatic carbocycles. The van der Waals surface area contributed by atoms with E-state index in [0.717, 1.165) is 17.5 Å². The average molecular weight is 418 g/mol. The monoisotopic (exact) mass is 418 g/mol. The maximum Gasteiger partial charge on any atom is 0.226 e. The number of anilines is 1. The van der Waals surface area contributed by atoms with E-state index in [0.29, 0.717) is 30.4 Å². The highest BCUT2D eigenvalue weighted by Crippen LogP contribution is 2.21. The number of amides is 1. The van der Waals surface area contributed by atoms with E-state index in [4.69, 9.17) is 4.42 Å². The van der Waals surface area contributed by atoms with Gasteiger partial charge < -0.3 is 9.73 Å². The number of aromatic nitrogens is 3. The van der Waals surface area contributed by atoms with E-state index in [1.165, 1.54) is 17.7 Å². The van der Waals surface area contributed by atoms with Crippen molar-refractivity contribution in [3.05, 3.63) is 89.8 Å². The summed E-state index contributed by atoms with van der Waals surface area (Å²) in [4.78, 5) is 16.6. The fraction of sp³-hybridized carbons (Fsp3) is 0.208. The Hall–Kier alpha value is -3.74. The molecule has 7 heteroatoms. The van der Waals surface area contributed by atoms with E-state index in [9.17, 15) is 9.18 Å². The van der Waals surface area contributed by atoms with Crippen LogP contribution in [0.25, 0.3) is 11.3 Å². The zero-order valence-electron chi connectivity index (χ0n) is 17.2. The number of nitrogens with zero attached hydrogens (tertiary/aromatic N) is 3. The maximum atomic E-state index is 13.1. The van der Waals surface area contributed by atoms with Gasteiger partial charge in [-0.3, -0.25) is 4.79 Å². The first-order valence-corrected chi connectivity index (χ1v) is 10.2. The Balaban J connectivity index is 1.32. The van der Waals surface area contributed by atoms with Crippen LogP contribution in [0.5, 0.6) is 0 Å². The van der Waals surface area contributed by atoms with Gasteiger partial charge in [-0.1, -0.05) is 31.2 Å². The molecule has 1 N–H and O–H groups in total. The number of hydrogen-bond acceptors (Lipinski definition) is 4. The first-order valence-electron chi connectivity index (χ1n) is 10.2. The van der Waals surface area contributed by atoms with Crippen LogP contribution in [0.4, 0.5) is 10.2 Å². The number of carbonyl (C=O) groups excluding carboxylic acids is 1. The summed E-state index contributed by atoms with van der Waals surface area (Å²) in [6.07, 6.45) is 4.83. The summed E-state index contributed by atoms with van der Waals surface area (Å²) >= 11 is 0. The lowest BCUT2D eigenvalue weighted by Gasteiger charge is -2.09. The standard InChI is InChI=1S/C24H23FN4O2/c1-2-17-3-5-18(6-4-17)16-29-22(13-14-27-29)28-23(30)11-12-24-26-15-21(31-24)19-7-9-20(25)10-8-19/h3-10,13-15H,2,11-12,16H2,1H3,(H,28,30). The fourth-order valence-corrected chi connectivity index (χ4v) is 3.22. The molecule has 1 amide bonds. The van der Waals surface area contributed by atoms with Gasteiger partial charge in [0.15, 0.2) is 11.7 Å². The molecular weight excluding hydrogens is 395 g/mol. The van der Waals surface area contributed by atoms with Crippen LogP contribution in [0.15, 0.2) is 71.4 Å². The van der Waals surface area contributed by atoms with E-state index >= 15 is 0 Å². The van der Waals surface area contributed by atoms with Crippen molar-refractivity contribution in [3.8, 4) is 11.3 Å². The number of benzene rings is 2. The number of rotatable bonds is 8. The summed E-state index contributed by atoms with van der Waals surface area (Å²) in [6, 6.07) is 16.1. The molecule has 0 spiro atoms. The third-order valence-corrected chi connectivity index (χ3v) is 5.00. The Morgan fingerprint density at radius 2 is 1.81 bits per heavy atom. The maximum absolute atomic E-state index is 13.1. The number of hydrogen-bond donors (Lipinski definition) is 1. The van der Waals surface area contributed by atoms with Gasteiger partial charge in [0.05, 0.1) is 18.9 Å². The average Bonchev–Trinajstić information content (AvgIpc) is 3.43. The van der Waals surface area contributed by atoms with Crippen LogP contribution in [-0.2, 0) is 24.2 Å². The summed E-state index contributed by atoms with van der Waals surface area (Å²) in [6.45, 7) is 2.70. The first-order chi connectivity index (χ1) is 15.1. The van der Waals surface area contributed by atoms with Crippen molar-refractivity contribution in [3.63, 3.8) is 0 Å². The zero-order valence-corrected chi connectivity index (χ0v) is 17.2. The van der Waals surface area contributed by atoms with Gasteiger partial charge >= 0.3 is 0 Å². The van der Waals surface area contributed by atoms with E-state index in [-0.39, 0.29) is 18.1 Å². The molecule has 158 valence electrons. The number of oxazole rings is 1. The number of carbonyl (C=O) groups is 1. The predicted octanol–water partition coefficient (Wildman–Crippen LogP) is 4.86. The summed E-state index contributed by atoms with van der Waals surface area (Å²) in [7, 11) is 0. The topological polar surface area (TPSA) is 73.0 Å². The van der Waals surface area contributed by atoms with Gasteiger partial charge in [0, 0.05) is 24.5 Å². The van der Waals surface area contributed by atoms with Gasteiger partial charge in [-0.15, -0.1) is 0 Å². The van der Waals surface area contributed by atoms with Gasteiger partial charge in [0.2, 0.25) is 5.91 Å². The number of nitrogens with one attached hydrogen (secondary N) is 1. The normalized spacial score (nSPS) is 10.9. The lowest BCUT2D eigenvalue weighted by Crippen LogP contribution is -2.16. The highest BCUT2D eigenvalue weighted by molar-refractivity contribution is 5.89. The Morgan fingerprint density at radius 1 is 1.06 bits per heavy atom. The molecule has 0 aliphatic rings. The predicted molar refractivity (Wildman–Crippen MR) is 116 cm³/mol. The quantitative estimate of drug-likeness (QED) is 0.444. The molecule has 0 saturated carbocycles. The van der Waals surface area contributed by atoms with Crippen LogP contribution in [-0.4, -0.2) is 20.7 Å². The molecule has 4 rings (SSSR count). The van der Waals surface area contributed by atoms with Gasteiger partial charge in [-0.2, -0.15) is 5.10 Å². The minimum atomic E-state index is -0.308. The van der Waals surface area contributed by atoms with Crippen molar-refractivity contribution in [1.29, 1.82) is 0 Å². The van der Waals surface area contributed by atoms with E-state index in [2.05, 4.69) is 46.6 Å². The largest absolute Gasteiger partial charge is 0.441 e. The van der Waals surface area contributed by atoms with Crippen LogP contribution < -0.4 is 5.32 Å². The lowest BCUT2D eigenvalue weighted by atomic mass is 10.1.